The molecule has 5 aromatic rings. The monoisotopic (exact) mass is 647 g/mol. The van der Waals surface area contributed by atoms with Gasteiger partial charge in [0.05, 0.1) is 5.69 Å². The van der Waals surface area contributed by atoms with Gasteiger partial charge in [-0.1, -0.05) is 97.3 Å². The minimum absolute atomic E-state index is 0. The summed E-state index contributed by atoms with van der Waals surface area (Å²) >= 11 is 0. The van der Waals surface area contributed by atoms with Crippen LogP contribution in [-0.4, -0.2) is 9.97 Å². The fourth-order valence-electron chi connectivity index (χ4n) is 4.57. The molecule has 2 nitrogen and oxygen atoms in total. The second-order valence-corrected chi connectivity index (χ2v) is 9.14. The van der Waals surface area contributed by atoms with Crippen molar-refractivity contribution in [3.8, 4) is 33.6 Å². The van der Waals surface area contributed by atoms with Gasteiger partial charge < -0.3 is 12.4 Å². The summed E-state index contributed by atoms with van der Waals surface area (Å²) in [7, 11) is 0. The van der Waals surface area contributed by atoms with Crippen molar-refractivity contribution >= 4 is 0 Å². The number of benzene rings is 3. The molecule has 1 aliphatic rings. The first-order valence-corrected chi connectivity index (χ1v) is 11.6. The first-order chi connectivity index (χ1) is 16.5. The van der Waals surface area contributed by atoms with Gasteiger partial charge in [0.1, 0.15) is 0 Å². The van der Waals surface area contributed by atoms with E-state index in [0.29, 0.717) is 0 Å². The minimum atomic E-state index is 0. The van der Waals surface area contributed by atoms with Crippen LogP contribution in [0.2, 0.25) is 0 Å². The Morgan fingerprint density at radius 2 is 1.28 bits per heavy atom. The van der Waals surface area contributed by atoms with Gasteiger partial charge in [0.15, 0.2) is 0 Å². The summed E-state index contributed by atoms with van der Waals surface area (Å²) < 4.78 is 0. The molecular weight excluding hydrogens is 617 g/mol. The summed E-state index contributed by atoms with van der Waals surface area (Å²) in [4.78, 5) is 8.72. The molecule has 0 spiro atoms. The number of aryl methyl sites for hydroxylation is 1. The first kappa shape index (κ1) is 27.2. The van der Waals surface area contributed by atoms with Gasteiger partial charge in [-0.3, -0.25) is 4.98 Å². The van der Waals surface area contributed by atoms with E-state index in [1.165, 1.54) is 33.4 Å². The molecule has 2 aromatic heterocycles. The fraction of sp³-hybridized carbons (Fsp3) is 0.121. The van der Waals surface area contributed by atoms with E-state index in [0.717, 1.165) is 17.0 Å². The maximum atomic E-state index is 4.44. The van der Waals surface area contributed by atoms with Crippen LogP contribution in [0.3, 0.4) is 0 Å². The molecule has 0 aliphatic heterocycles. The number of nitrogens with zero attached hydrogens (tertiary/aromatic N) is 2. The van der Waals surface area contributed by atoms with Crippen molar-refractivity contribution in [3.63, 3.8) is 0 Å². The molecule has 3 aromatic carbocycles. The number of fused-ring (bicyclic) bond motifs is 3. The molecule has 0 unspecified atom stereocenters. The molecule has 0 saturated heterocycles. The summed E-state index contributed by atoms with van der Waals surface area (Å²) in [5.74, 6) is 0. The van der Waals surface area contributed by atoms with Crippen molar-refractivity contribution in [3.05, 3.63) is 140 Å². The van der Waals surface area contributed by atoms with Crippen LogP contribution in [0.5, 0.6) is 0 Å². The topological polar surface area (TPSA) is 25.8 Å². The van der Waals surface area contributed by atoms with Crippen LogP contribution in [0.25, 0.3) is 33.6 Å². The molecule has 0 bridgehead atoms. The molecule has 6 rings (SSSR count). The van der Waals surface area contributed by atoms with Crippen LogP contribution < -0.4 is 0 Å². The number of rotatable bonds is 2. The molecule has 0 fully saturated rings. The van der Waals surface area contributed by atoms with Gasteiger partial charge in [-0.15, -0.1) is 29.3 Å². The Hall–Kier alpha value is -3.39. The van der Waals surface area contributed by atoms with Crippen molar-refractivity contribution in [1.29, 1.82) is 0 Å². The number of aromatic nitrogens is 2. The van der Waals surface area contributed by atoms with E-state index in [1.807, 2.05) is 48.8 Å². The molecule has 1 aliphatic carbocycles. The van der Waals surface area contributed by atoms with Gasteiger partial charge in [-0.25, -0.2) is 0 Å². The van der Waals surface area contributed by atoms with Crippen molar-refractivity contribution in [2.75, 3.05) is 0 Å². The first-order valence-electron chi connectivity index (χ1n) is 11.6. The van der Waals surface area contributed by atoms with E-state index >= 15 is 0 Å². The van der Waals surface area contributed by atoms with Gasteiger partial charge >= 0.3 is 0 Å². The third-order valence-corrected chi connectivity index (χ3v) is 6.47. The average Bonchev–Trinajstić information content (AvgIpc) is 3.12. The third-order valence-electron chi connectivity index (χ3n) is 6.47. The number of hydrogen-bond acceptors (Lipinski definition) is 2. The molecule has 0 atom stereocenters. The van der Waals surface area contributed by atoms with E-state index in [1.54, 1.807) is 0 Å². The Morgan fingerprint density at radius 3 is 1.92 bits per heavy atom. The summed E-state index contributed by atoms with van der Waals surface area (Å²) in [6, 6.07) is 36.8. The van der Waals surface area contributed by atoms with Gasteiger partial charge in [-0.05, 0) is 41.8 Å². The van der Waals surface area contributed by atoms with Crippen molar-refractivity contribution in [2.45, 2.75) is 26.2 Å². The zero-order chi connectivity index (χ0) is 23.5. The second-order valence-electron chi connectivity index (χ2n) is 9.14. The summed E-state index contributed by atoms with van der Waals surface area (Å²) in [5, 5.41) is 0. The predicted octanol–water partition coefficient (Wildman–Crippen LogP) is 8.36. The van der Waals surface area contributed by atoms with Crippen LogP contribution in [0.1, 0.15) is 30.5 Å². The van der Waals surface area contributed by atoms with Gasteiger partial charge in [0.25, 0.3) is 0 Å². The van der Waals surface area contributed by atoms with E-state index < -0.39 is 0 Å². The van der Waals surface area contributed by atoms with Crippen LogP contribution in [0.15, 0.2) is 109 Å². The Balaban J connectivity index is 0.000000210. The van der Waals surface area contributed by atoms with Crippen molar-refractivity contribution in [2.24, 2.45) is 0 Å². The van der Waals surface area contributed by atoms with Crippen LogP contribution in [-0.2, 0) is 25.5 Å². The van der Waals surface area contributed by atoms with Crippen LogP contribution >= 0.6 is 0 Å². The molecule has 2 heterocycles. The summed E-state index contributed by atoms with van der Waals surface area (Å²) in [6.07, 6.45) is 3.64. The molecule has 0 saturated carbocycles. The predicted molar refractivity (Wildman–Crippen MR) is 147 cm³/mol. The van der Waals surface area contributed by atoms with Gasteiger partial charge in [0, 0.05) is 38.1 Å². The smallest absolute Gasteiger partial charge is 0.0701 e. The van der Waals surface area contributed by atoms with E-state index in [4.69, 9.17) is 0 Å². The zero-order valence-corrected chi connectivity index (χ0v) is 23.5. The van der Waals surface area contributed by atoms with Gasteiger partial charge in [-0.2, -0.15) is 0 Å². The zero-order valence-electron chi connectivity index (χ0n) is 21.1. The Kier molecular flexibility index (Phi) is 8.74. The van der Waals surface area contributed by atoms with Crippen LogP contribution in [0.4, 0.5) is 0 Å². The maximum absolute atomic E-state index is 4.44. The SMILES string of the molecule is CC1(C)c2ccccc2-c2c[c-]c(-c3ccccn3)cc21.Cc1ccc(-c2ccccn2)cc1.[CH3-].[Ir]. The second kappa shape index (κ2) is 11.6. The largest absolute Gasteiger partial charge is 0.358 e. The van der Waals surface area contributed by atoms with Crippen LogP contribution in [0, 0.1) is 20.4 Å². The standard InChI is InChI=1S/C20H16N.C12H11N.CH3.Ir/c1-20(2)17-8-4-3-7-15(17)16-11-10-14(13-18(16)20)19-9-5-6-12-21-19;1-10-5-7-11(8-6-10)12-4-2-3-9-13-12;;/h3-9,11-13H,1-2H3;2-9H,1H3;1H3;/q-1;;-1;. The normalized spacial score (nSPS) is 12.1. The number of pyridine rings is 2. The molecule has 0 N–H and O–H groups in total. The van der Waals surface area contributed by atoms with E-state index in [2.05, 4.69) is 97.5 Å². The Bertz CT molecular complexity index is 1410. The molecular formula is C33H30IrN2-2. The third kappa shape index (κ3) is 5.38. The molecule has 183 valence electrons. The maximum Gasteiger partial charge on any atom is 0.0701 e. The Morgan fingerprint density at radius 1 is 0.667 bits per heavy atom. The van der Waals surface area contributed by atoms with Gasteiger partial charge in [0.2, 0.25) is 0 Å². The minimum Gasteiger partial charge on any atom is -0.358 e. The summed E-state index contributed by atoms with van der Waals surface area (Å²) in [6.45, 7) is 6.67. The summed E-state index contributed by atoms with van der Waals surface area (Å²) in [5.41, 5.74) is 11.0. The Labute approximate surface area is 228 Å². The fourth-order valence-corrected chi connectivity index (χ4v) is 4.57. The van der Waals surface area contributed by atoms with Crippen molar-refractivity contribution < 1.29 is 20.1 Å². The molecule has 3 heteroatoms. The van der Waals surface area contributed by atoms with E-state index in [9.17, 15) is 0 Å². The quantitative estimate of drug-likeness (QED) is 0.180. The van der Waals surface area contributed by atoms with Crippen molar-refractivity contribution in [1.82, 2.24) is 9.97 Å². The number of hydrogen-bond donors (Lipinski definition) is 0. The molecule has 1 radical (unpaired) electrons. The van der Waals surface area contributed by atoms with E-state index in [-0.39, 0.29) is 32.9 Å². The average molecular weight is 647 g/mol. The molecule has 0 amide bonds. The molecule has 36 heavy (non-hydrogen) atoms.